The molecule has 6 heteroatoms. The Kier molecular flexibility index (Phi) is 5.84. The molecule has 0 bridgehead atoms. The van der Waals surface area contributed by atoms with Crippen LogP contribution in [0.3, 0.4) is 0 Å². The van der Waals surface area contributed by atoms with Crippen molar-refractivity contribution in [2.75, 3.05) is 18.5 Å². The van der Waals surface area contributed by atoms with Gasteiger partial charge < -0.3 is 4.90 Å². The van der Waals surface area contributed by atoms with E-state index in [2.05, 4.69) is 78.0 Å². The highest BCUT2D eigenvalue weighted by Crippen LogP contribution is 2.35. The minimum atomic E-state index is 0.808. The van der Waals surface area contributed by atoms with Gasteiger partial charge in [0.25, 0.3) is 0 Å². The Bertz CT molecular complexity index is 953. The summed E-state index contributed by atoms with van der Waals surface area (Å²) in [5.74, 6) is 0. The second-order valence-corrected chi connectivity index (χ2v) is 8.20. The second kappa shape index (κ2) is 7.97. The number of aromatic nitrogens is 4. The molecule has 144 valence electrons. The van der Waals surface area contributed by atoms with Crippen molar-refractivity contribution >= 4 is 32.8 Å². The molecular formula is C21H28BrN5. The maximum absolute atomic E-state index is 4.82. The molecule has 2 heterocycles. The number of aryl methyl sites for hydroxylation is 4. The largest absolute Gasteiger partial charge is 0.372 e. The van der Waals surface area contributed by atoms with E-state index in [0.29, 0.717) is 0 Å². The van der Waals surface area contributed by atoms with E-state index in [0.717, 1.165) is 45.7 Å². The highest BCUT2D eigenvalue weighted by atomic mass is 79.9. The number of unbranched alkanes of at least 4 members (excludes halogenated alkanes) is 2. The quantitative estimate of drug-likeness (QED) is 0.489. The van der Waals surface area contributed by atoms with Gasteiger partial charge in [-0.3, -0.25) is 0 Å². The van der Waals surface area contributed by atoms with Crippen LogP contribution in [0.15, 0.2) is 16.6 Å². The fraction of sp³-hybridized carbons (Fsp3) is 0.476. The van der Waals surface area contributed by atoms with Crippen molar-refractivity contribution in [3.63, 3.8) is 0 Å². The Morgan fingerprint density at radius 3 is 2.37 bits per heavy atom. The zero-order chi connectivity index (χ0) is 19.7. The fourth-order valence-corrected chi connectivity index (χ4v) is 4.31. The van der Waals surface area contributed by atoms with E-state index in [1.165, 1.54) is 29.5 Å². The number of hydrogen-bond donors (Lipinski definition) is 0. The number of hydrogen-bond acceptors (Lipinski definition) is 4. The Morgan fingerprint density at radius 1 is 1.07 bits per heavy atom. The molecule has 0 spiro atoms. The highest BCUT2D eigenvalue weighted by molar-refractivity contribution is 9.10. The van der Waals surface area contributed by atoms with Crippen LogP contribution < -0.4 is 4.90 Å². The topological polar surface area (TPSA) is 46.8 Å². The molecule has 3 rings (SSSR count). The second-order valence-electron chi connectivity index (χ2n) is 7.41. The van der Waals surface area contributed by atoms with Crippen LogP contribution in [0.4, 0.5) is 5.69 Å². The van der Waals surface area contributed by atoms with Gasteiger partial charge in [0.05, 0.1) is 21.5 Å². The van der Waals surface area contributed by atoms with Crippen LogP contribution in [-0.2, 0) is 0 Å². The summed E-state index contributed by atoms with van der Waals surface area (Å²) in [5, 5.41) is 9.02. The lowest BCUT2D eigenvalue weighted by Crippen LogP contribution is -2.20. The molecule has 1 aromatic carbocycles. The van der Waals surface area contributed by atoms with Gasteiger partial charge in [0, 0.05) is 13.6 Å². The number of rotatable bonds is 6. The van der Waals surface area contributed by atoms with E-state index in [4.69, 9.17) is 4.98 Å². The Labute approximate surface area is 169 Å². The van der Waals surface area contributed by atoms with Crippen LogP contribution in [0.25, 0.3) is 16.9 Å². The minimum absolute atomic E-state index is 0.808. The lowest BCUT2D eigenvalue weighted by Gasteiger charge is -2.21. The maximum Gasteiger partial charge on any atom is 0.186 e. The summed E-state index contributed by atoms with van der Waals surface area (Å²) in [4.78, 5) is 7.09. The van der Waals surface area contributed by atoms with E-state index in [-0.39, 0.29) is 0 Å². The van der Waals surface area contributed by atoms with Gasteiger partial charge >= 0.3 is 0 Å². The average molecular weight is 430 g/mol. The van der Waals surface area contributed by atoms with E-state index in [1.54, 1.807) is 0 Å². The summed E-state index contributed by atoms with van der Waals surface area (Å²) in [6, 6.07) is 4.36. The highest BCUT2D eigenvalue weighted by Gasteiger charge is 2.21. The van der Waals surface area contributed by atoms with Crippen molar-refractivity contribution < 1.29 is 0 Å². The molecule has 0 saturated heterocycles. The molecule has 0 saturated carbocycles. The van der Waals surface area contributed by atoms with Gasteiger partial charge in [-0.05, 0) is 61.2 Å². The van der Waals surface area contributed by atoms with Crippen molar-refractivity contribution in [1.82, 2.24) is 20.0 Å². The van der Waals surface area contributed by atoms with Gasteiger partial charge in [0.15, 0.2) is 11.2 Å². The number of nitrogens with zero attached hydrogens (tertiary/aromatic N) is 5. The third-order valence-electron chi connectivity index (χ3n) is 5.00. The van der Waals surface area contributed by atoms with Gasteiger partial charge in [-0.2, -0.15) is 4.68 Å². The van der Waals surface area contributed by atoms with E-state index < -0.39 is 0 Å². The normalized spacial score (nSPS) is 11.4. The van der Waals surface area contributed by atoms with Crippen LogP contribution in [0.1, 0.15) is 48.6 Å². The summed E-state index contributed by atoms with van der Waals surface area (Å²) in [6.07, 6.45) is 3.60. The number of fused-ring (bicyclic) bond motifs is 1. The first-order valence-corrected chi connectivity index (χ1v) is 10.3. The fourth-order valence-electron chi connectivity index (χ4n) is 3.73. The van der Waals surface area contributed by atoms with Gasteiger partial charge in [0.2, 0.25) is 0 Å². The van der Waals surface area contributed by atoms with Crippen molar-refractivity contribution in [2.24, 2.45) is 0 Å². The first-order valence-electron chi connectivity index (χ1n) is 9.56. The molecule has 0 fully saturated rings. The third kappa shape index (κ3) is 3.72. The predicted molar refractivity (Wildman–Crippen MR) is 116 cm³/mol. The van der Waals surface area contributed by atoms with E-state index >= 15 is 0 Å². The number of anilines is 1. The SMILES string of the molecule is CCCCCN(C)c1c(Br)c(C)nc2c1nnn2-c1c(C)cc(C)cc1C. The first kappa shape index (κ1) is 19.8. The molecule has 0 aliphatic carbocycles. The third-order valence-corrected chi connectivity index (χ3v) is 5.95. The molecule has 27 heavy (non-hydrogen) atoms. The van der Waals surface area contributed by atoms with Crippen LogP contribution in [-0.4, -0.2) is 33.6 Å². The summed E-state index contributed by atoms with van der Waals surface area (Å²) < 4.78 is 2.89. The molecule has 2 aromatic heterocycles. The molecule has 0 aliphatic heterocycles. The molecule has 0 amide bonds. The lowest BCUT2D eigenvalue weighted by atomic mass is 10.1. The standard InChI is InChI=1S/C21H28BrN5/c1-7-8-9-10-26(6)20-17(22)16(5)23-21-18(20)24-25-27(21)19-14(3)11-13(2)12-15(19)4/h11-12H,7-10H2,1-6H3. The Hall–Kier alpha value is -1.95. The summed E-state index contributed by atoms with van der Waals surface area (Å²) >= 11 is 3.73. The van der Waals surface area contributed by atoms with Gasteiger partial charge in [-0.1, -0.05) is 42.7 Å². The summed E-state index contributed by atoms with van der Waals surface area (Å²) in [6.45, 7) is 11.6. The minimum Gasteiger partial charge on any atom is -0.372 e. The maximum atomic E-state index is 4.82. The smallest absolute Gasteiger partial charge is 0.186 e. The zero-order valence-corrected chi connectivity index (χ0v) is 18.7. The number of halogens is 1. The van der Waals surface area contributed by atoms with Crippen LogP contribution in [0, 0.1) is 27.7 Å². The number of pyridine rings is 1. The molecule has 0 aliphatic rings. The van der Waals surface area contributed by atoms with Crippen molar-refractivity contribution in [1.29, 1.82) is 0 Å². The molecule has 5 nitrogen and oxygen atoms in total. The monoisotopic (exact) mass is 429 g/mol. The average Bonchev–Trinajstić information content (AvgIpc) is 2.98. The van der Waals surface area contributed by atoms with Crippen molar-refractivity contribution in [2.45, 2.75) is 53.9 Å². The molecular weight excluding hydrogens is 402 g/mol. The molecule has 0 atom stereocenters. The Balaban J connectivity index is 2.17. The molecule has 0 radical (unpaired) electrons. The molecule has 3 aromatic rings. The zero-order valence-electron chi connectivity index (χ0n) is 17.1. The predicted octanol–water partition coefficient (Wildman–Crippen LogP) is 5.44. The van der Waals surface area contributed by atoms with Crippen LogP contribution in [0.2, 0.25) is 0 Å². The van der Waals surface area contributed by atoms with E-state index in [1.807, 2.05) is 11.6 Å². The van der Waals surface area contributed by atoms with Gasteiger partial charge in [-0.25, -0.2) is 4.98 Å². The van der Waals surface area contributed by atoms with Crippen molar-refractivity contribution in [3.8, 4) is 5.69 Å². The summed E-state index contributed by atoms with van der Waals surface area (Å²) in [7, 11) is 2.12. The van der Waals surface area contributed by atoms with Crippen LogP contribution in [0.5, 0.6) is 0 Å². The number of benzene rings is 1. The molecule has 0 N–H and O–H groups in total. The van der Waals surface area contributed by atoms with Crippen molar-refractivity contribution in [3.05, 3.63) is 39.0 Å². The van der Waals surface area contributed by atoms with Gasteiger partial charge in [0.1, 0.15) is 0 Å². The molecule has 0 unspecified atom stereocenters. The summed E-state index contributed by atoms with van der Waals surface area (Å²) in [5.41, 5.74) is 8.35. The van der Waals surface area contributed by atoms with Gasteiger partial charge in [-0.15, -0.1) is 5.10 Å². The first-order chi connectivity index (χ1) is 12.8. The Morgan fingerprint density at radius 2 is 1.74 bits per heavy atom. The van der Waals surface area contributed by atoms with E-state index in [9.17, 15) is 0 Å². The lowest BCUT2D eigenvalue weighted by molar-refractivity contribution is 0.705. The van der Waals surface area contributed by atoms with Crippen LogP contribution >= 0.6 is 15.9 Å².